The van der Waals surface area contributed by atoms with Crippen LogP contribution in [0, 0.1) is 5.92 Å². The fraction of sp³-hybridized carbons (Fsp3) is 0.500. The lowest BCUT2D eigenvalue weighted by Crippen LogP contribution is -2.35. The molecule has 1 atom stereocenters. The monoisotopic (exact) mass is 335 g/mol. The van der Waals surface area contributed by atoms with Crippen LogP contribution in [0.2, 0.25) is 15.1 Å². The van der Waals surface area contributed by atoms with Crippen molar-refractivity contribution in [2.75, 3.05) is 6.54 Å². The summed E-state index contributed by atoms with van der Waals surface area (Å²) in [7, 11) is 0. The Morgan fingerprint density at radius 3 is 2.50 bits per heavy atom. The summed E-state index contributed by atoms with van der Waals surface area (Å²) in [6.07, 6.45) is 3.77. The maximum atomic E-state index is 12.1. The summed E-state index contributed by atoms with van der Waals surface area (Å²) in [5.74, 6) is -0.153. The number of aliphatic hydroxyl groups excluding tert-OH is 1. The smallest absolute Gasteiger partial charge is 0.254 e. The van der Waals surface area contributed by atoms with Gasteiger partial charge in [0.2, 0.25) is 0 Å². The second-order valence-corrected chi connectivity index (χ2v) is 6.23. The van der Waals surface area contributed by atoms with Gasteiger partial charge in [-0.2, -0.15) is 0 Å². The summed E-state index contributed by atoms with van der Waals surface area (Å²) >= 11 is 17.8. The third kappa shape index (κ3) is 3.59. The molecule has 0 saturated heterocycles. The van der Waals surface area contributed by atoms with Gasteiger partial charge in [0.25, 0.3) is 5.91 Å². The van der Waals surface area contributed by atoms with Gasteiger partial charge in [0.15, 0.2) is 0 Å². The molecule has 6 heteroatoms. The molecule has 2 rings (SSSR count). The zero-order valence-corrected chi connectivity index (χ0v) is 13.1. The van der Waals surface area contributed by atoms with E-state index in [9.17, 15) is 9.90 Å². The van der Waals surface area contributed by atoms with Gasteiger partial charge in [-0.1, -0.05) is 47.6 Å². The lowest BCUT2D eigenvalue weighted by atomic mass is 10.0. The highest BCUT2D eigenvalue weighted by Crippen LogP contribution is 2.31. The van der Waals surface area contributed by atoms with E-state index in [-0.39, 0.29) is 33.1 Å². The van der Waals surface area contributed by atoms with Crippen LogP contribution in [-0.4, -0.2) is 23.7 Å². The van der Waals surface area contributed by atoms with Gasteiger partial charge < -0.3 is 10.4 Å². The Bertz CT molecular complexity index is 501. The quantitative estimate of drug-likeness (QED) is 0.819. The lowest BCUT2D eigenvalue weighted by molar-refractivity contribution is 0.0841. The van der Waals surface area contributed by atoms with E-state index in [1.54, 1.807) is 0 Å². The Balaban J connectivity index is 2.00. The normalized spacial score (nSPS) is 17.2. The number of amides is 1. The number of benzene rings is 1. The Hall–Kier alpha value is -0.480. The van der Waals surface area contributed by atoms with Crippen LogP contribution >= 0.6 is 34.8 Å². The first-order valence-electron chi connectivity index (χ1n) is 6.60. The number of halogens is 3. The van der Waals surface area contributed by atoms with Crippen molar-refractivity contribution < 1.29 is 9.90 Å². The Labute approximate surface area is 133 Å². The number of aliphatic hydroxyl groups is 1. The maximum Gasteiger partial charge on any atom is 0.254 e. The standard InChI is InChI=1S/C14H16Cl3NO2/c15-9-5-6-10(16)13(17)12(9)14(20)18-7-11(19)8-3-1-2-4-8/h5-6,8,11,19H,1-4,7H2,(H,18,20). The molecule has 110 valence electrons. The highest BCUT2D eigenvalue weighted by atomic mass is 35.5. The van der Waals surface area contributed by atoms with Gasteiger partial charge in [0.1, 0.15) is 0 Å². The predicted octanol–water partition coefficient (Wildman–Crippen LogP) is 3.93. The molecule has 0 bridgehead atoms. The van der Waals surface area contributed by atoms with E-state index in [1.165, 1.54) is 12.1 Å². The highest BCUT2D eigenvalue weighted by molar-refractivity contribution is 6.46. The van der Waals surface area contributed by atoms with Crippen LogP contribution in [-0.2, 0) is 0 Å². The fourth-order valence-corrected chi connectivity index (χ4v) is 3.23. The molecule has 0 aliphatic heterocycles. The molecule has 0 aromatic heterocycles. The maximum absolute atomic E-state index is 12.1. The van der Waals surface area contributed by atoms with Crippen LogP contribution in [0.15, 0.2) is 12.1 Å². The average molecular weight is 337 g/mol. The molecule has 1 aliphatic carbocycles. The van der Waals surface area contributed by atoms with Crippen LogP contribution in [0.25, 0.3) is 0 Å². The molecule has 0 heterocycles. The predicted molar refractivity (Wildman–Crippen MR) is 81.8 cm³/mol. The minimum Gasteiger partial charge on any atom is -0.391 e. The third-order valence-corrected chi connectivity index (χ3v) is 4.81. The van der Waals surface area contributed by atoms with Crippen molar-refractivity contribution in [1.82, 2.24) is 5.32 Å². The number of hydrogen-bond acceptors (Lipinski definition) is 2. The molecular formula is C14H16Cl3NO2. The van der Waals surface area contributed by atoms with Crippen molar-refractivity contribution in [2.24, 2.45) is 5.92 Å². The van der Waals surface area contributed by atoms with Gasteiger partial charge in [-0.15, -0.1) is 0 Å². The van der Waals surface area contributed by atoms with Crippen LogP contribution in [0.5, 0.6) is 0 Å². The summed E-state index contributed by atoms with van der Waals surface area (Å²) in [6.45, 7) is 0.197. The molecule has 2 N–H and O–H groups in total. The van der Waals surface area contributed by atoms with Crippen molar-refractivity contribution in [3.05, 3.63) is 32.8 Å². The van der Waals surface area contributed by atoms with Gasteiger partial charge in [-0.05, 0) is 30.9 Å². The Kier molecular flexibility index (Phi) is 5.56. The third-order valence-electron chi connectivity index (χ3n) is 3.69. The molecule has 1 unspecified atom stereocenters. The van der Waals surface area contributed by atoms with Gasteiger partial charge in [0.05, 0.1) is 26.7 Å². The molecule has 3 nitrogen and oxygen atoms in total. The van der Waals surface area contributed by atoms with E-state index < -0.39 is 12.0 Å². The van der Waals surface area contributed by atoms with Crippen molar-refractivity contribution in [3.63, 3.8) is 0 Å². The van der Waals surface area contributed by atoms with E-state index in [4.69, 9.17) is 34.8 Å². The summed E-state index contributed by atoms with van der Waals surface area (Å²) in [5, 5.41) is 13.3. The number of carbonyl (C=O) groups excluding carboxylic acids is 1. The zero-order valence-electron chi connectivity index (χ0n) is 10.8. The first kappa shape index (κ1) is 15.9. The molecule has 0 spiro atoms. The number of hydrogen-bond donors (Lipinski definition) is 2. The SMILES string of the molecule is O=C(NCC(O)C1CCCC1)c1c(Cl)ccc(Cl)c1Cl. The summed E-state index contributed by atoms with van der Waals surface area (Å²) in [4.78, 5) is 12.1. The molecule has 0 radical (unpaired) electrons. The van der Waals surface area contributed by atoms with E-state index in [2.05, 4.69) is 5.32 Å². The van der Waals surface area contributed by atoms with Crippen molar-refractivity contribution in [1.29, 1.82) is 0 Å². The van der Waals surface area contributed by atoms with E-state index in [0.29, 0.717) is 0 Å². The zero-order chi connectivity index (χ0) is 14.7. The minimum atomic E-state index is -0.529. The van der Waals surface area contributed by atoms with E-state index in [0.717, 1.165) is 25.7 Å². The average Bonchev–Trinajstić information content (AvgIpc) is 2.95. The van der Waals surface area contributed by atoms with Crippen LogP contribution in [0.1, 0.15) is 36.0 Å². The highest BCUT2D eigenvalue weighted by Gasteiger charge is 2.24. The van der Waals surface area contributed by atoms with E-state index in [1.807, 2.05) is 0 Å². The van der Waals surface area contributed by atoms with Crippen LogP contribution in [0.3, 0.4) is 0 Å². The molecule has 1 amide bonds. The van der Waals surface area contributed by atoms with E-state index >= 15 is 0 Å². The van der Waals surface area contributed by atoms with Gasteiger partial charge >= 0.3 is 0 Å². The molecule has 20 heavy (non-hydrogen) atoms. The molecule has 1 aliphatic rings. The van der Waals surface area contributed by atoms with Crippen LogP contribution in [0.4, 0.5) is 0 Å². The van der Waals surface area contributed by atoms with Crippen LogP contribution < -0.4 is 5.32 Å². The van der Waals surface area contributed by atoms with Crippen molar-refractivity contribution in [2.45, 2.75) is 31.8 Å². The van der Waals surface area contributed by atoms with Gasteiger partial charge in [0, 0.05) is 6.54 Å². The molecule has 1 saturated carbocycles. The Morgan fingerprint density at radius 2 is 1.85 bits per heavy atom. The second-order valence-electron chi connectivity index (χ2n) is 5.04. The lowest BCUT2D eigenvalue weighted by Gasteiger charge is -2.18. The minimum absolute atomic E-state index is 0.132. The van der Waals surface area contributed by atoms with Gasteiger partial charge in [-0.3, -0.25) is 4.79 Å². The number of rotatable bonds is 4. The first-order valence-corrected chi connectivity index (χ1v) is 7.74. The second kappa shape index (κ2) is 6.99. The summed E-state index contributed by atoms with van der Waals surface area (Å²) in [5.41, 5.74) is 0.152. The van der Waals surface area contributed by atoms with Crippen molar-refractivity contribution >= 4 is 40.7 Å². The largest absolute Gasteiger partial charge is 0.391 e. The topological polar surface area (TPSA) is 49.3 Å². The number of carbonyl (C=O) groups is 1. The molecule has 1 aromatic carbocycles. The first-order chi connectivity index (χ1) is 9.50. The molecule has 1 fully saturated rings. The summed E-state index contributed by atoms with van der Waals surface area (Å²) in [6, 6.07) is 3.06. The Morgan fingerprint density at radius 1 is 1.25 bits per heavy atom. The number of nitrogens with one attached hydrogen (secondary N) is 1. The van der Waals surface area contributed by atoms with Gasteiger partial charge in [-0.25, -0.2) is 0 Å². The fourth-order valence-electron chi connectivity index (χ4n) is 2.53. The molecular weight excluding hydrogens is 321 g/mol. The molecule has 1 aromatic rings. The summed E-state index contributed by atoms with van der Waals surface area (Å²) < 4.78 is 0. The van der Waals surface area contributed by atoms with Crippen molar-refractivity contribution in [3.8, 4) is 0 Å².